The molecule has 2 aromatic carbocycles. The Balaban J connectivity index is 1.12. The quantitative estimate of drug-likeness (QED) is 0.521. The Hall–Kier alpha value is -3.51. The van der Waals surface area contributed by atoms with Crippen LogP contribution in [0, 0.1) is 0 Å². The molecular weight excluding hydrogens is 366 g/mol. The van der Waals surface area contributed by atoms with Crippen LogP contribution in [0.2, 0.25) is 0 Å². The van der Waals surface area contributed by atoms with Crippen LogP contribution in [0.4, 0.5) is 0 Å². The van der Waals surface area contributed by atoms with Crippen molar-refractivity contribution in [1.82, 2.24) is 14.7 Å². The van der Waals surface area contributed by atoms with Crippen LogP contribution in [0.1, 0.15) is 16.8 Å². The van der Waals surface area contributed by atoms with E-state index in [1.807, 2.05) is 59.3 Å². The predicted octanol–water partition coefficient (Wildman–Crippen LogP) is 3.93. The minimum Gasteiger partial charge on any atom is -0.487 e. The molecular formula is C23H21N3O3. The molecule has 0 saturated carbocycles. The first-order valence-electron chi connectivity index (χ1n) is 9.57. The molecule has 6 heteroatoms. The largest absolute Gasteiger partial charge is 0.487 e. The van der Waals surface area contributed by atoms with Crippen molar-refractivity contribution >= 4 is 5.65 Å². The van der Waals surface area contributed by atoms with Gasteiger partial charge in [-0.2, -0.15) is 0 Å². The zero-order valence-electron chi connectivity index (χ0n) is 15.9. The van der Waals surface area contributed by atoms with Crippen molar-refractivity contribution in [3.05, 3.63) is 89.9 Å². The summed E-state index contributed by atoms with van der Waals surface area (Å²) in [5, 5.41) is 3.45. The van der Waals surface area contributed by atoms with Crippen molar-refractivity contribution in [3.63, 3.8) is 0 Å². The Kier molecular flexibility index (Phi) is 4.76. The van der Waals surface area contributed by atoms with Crippen LogP contribution in [0.15, 0.2) is 73.1 Å². The molecule has 0 radical (unpaired) electrons. The fourth-order valence-corrected chi connectivity index (χ4v) is 3.32. The summed E-state index contributed by atoms with van der Waals surface area (Å²) in [6.45, 7) is 2.30. The average molecular weight is 387 g/mol. The number of hydrogen-bond acceptors (Lipinski definition) is 5. The number of fused-ring (bicyclic) bond motifs is 2. The summed E-state index contributed by atoms with van der Waals surface area (Å²) in [5.74, 6) is 2.46. The van der Waals surface area contributed by atoms with Gasteiger partial charge in [0.25, 0.3) is 0 Å². The number of ether oxygens (including phenoxy) is 3. The summed E-state index contributed by atoms with van der Waals surface area (Å²) in [7, 11) is 0. The van der Waals surface area contributed by atoms with Gasteiger partial charge < -0.3 is 23.9 Å². The van der Waals surface area contributed by atoms with E-state index in [1.54, 1.807) is 0 Å². The number of nitrogens with one attached hydrogen (secondary N) is 1. The molecule has 0 spiro atoms. The zero-order chi connectivity index (χ0) is 19.5. The molecule has 1 aliphatic rings. The SMILES string of the molecule is c1ccn2cc(COc3ccc(CNCc4ccc5c(c4)OCO5)cc3)nc2c1. The molecule has 1 aliphatic heterocycles. The summed E-state index contributed by atoms with van der Waals surface area (Å²) in [4.78, 5) is 4.55. The van der Waals surface area contributed by atoms with Gasteiger partial charge in [-0.3, -0.25) is 0 Å². The van der Waals surface area contributed by atoms with Crippen molar-refractivity contribution in [2.75, 3.05) is 6.79 Å². The van der Waals surface area contributed by atoms with Crippen LogP contribution in [-0.4, -0.2) is 16.2 Å². The lowest BCUT2D eigenvalue weighted by Crippen LogP contribution is -2.12. The zero-order valence-corrected chi connectivity index (χ0v) is 15.9. The number of benzene rings is 2. The Morgan fingerprint density at radius 3 is 2.66 bits per heavy atom. The van der Waals surface area contributed by atoms with Gasteiger partial charge in [0.2, 0.25) is 6.79 Å². The van der Waals surface area contributed by atoms with Crippen molar-refractivity contribution in [2.45, 2.75) is 19.7 Å². The molecule has 1 N–H and O–H groups in total. The first-order chi connectivity index (χ1) is 14.3. The Morgan fingerprint density at radius 1 is 0.931 bits per heavy atom. The number of aromatic nitrogens is 2. The van der Waals surface area contributed by atoms with Crippen LogP contribution >= 0.6 is 0 Å². The highest BCUT2D eigenvalue weighted by molar-refractivity contribution is 5.44. The molecule has 0 aliphatic carbocycles. The van der Waals surface area contributed by atoms with Gasteiger partial charge in [0.15, 0.2) is 11.5 Å². The highest BCUT2D eigenvalue weighted by atomic mass is 16.7. The molecule has 0 unspecified atom stereocenters. The number of hydrogen-bond donors (Lipinski definition) is 1. The number of imidazole rings is 1. The van der Waals surface area contributed by atoms with E-state index < -0.39 is 0 Å². The van der Waals surface area contributed by atoms with E-state index in [0.29, 0.717) is 13.4 Å². The molecule has 4 aromatic rings. The van der Waals surface area contributed by atoms with Crippen molar-refractivity contribution < 1.29 is 14.2 Å². The fourth-order valence-electron chi connectivity index (χ4n) is 3.32. The van der Waals surface area contributed by atoms with Crippen molar-refractivity contribution in [1.29, 1.82) is 0 Å². The van der Waals surface area contributed by atoms with Crippen molar-refractivity contribution in [3.8, 4) is 17.2 Å². The van der Waals surface area contributed by atoms with Gasteiger partial charge in [-0.15, -0.1) is 0 Å². The van der Waals surface area contributed by atoms with E-state index >= 15 is 0 Å². The van der Waals surface area contributed by atoms with E-state index in [-0.39, 0.29) is 0 Å². The first kappa shape index (κ1) is 17.6. The maximum absolute atomic E-state index is 5.87. The Labute approximate surface area is 168 Å². The topological polar surface area (TPSA) is 57.0 Å². The maximum Gasteiger partial charge on any atom is 0.231 e. The lowest BCUT2D eigenvalue weighted by atomic mass is 10.2. The molecule has 0 bridgehead atoms. The maximum atomic E-state index is 5.87. The van der Waals surface area contributed by atoms with Crippen molar-refractivity contribution in [2.24, 2.45) is 0 Å². The second kappa shape index (κ2) is 7.85. The van der Waals surface area contributed by atoms with Gasteiger partial charge in [-0.25, -0.2) is 4.98 Å². The fraction of sp³-hybridized carbons (Fsp3) is 0.174. The predicted molar refractivity (Wildman–Crippen MR) is 109 cm³/mol. The van der Waals surface area contributed by atoms with Gasteiger partial charge >= 0.3 is 0 Å². The third-order valence-electron chi connectivity index (χ3n) is 4.82. The van der Waals surface area contributed by atoms with Crippen LogP contribution in [0.3, 0.4) is 0 Å². The van der Waals surface area contributed by atoms with Gasteiger partial charge in [0.1, 0.15) is 18.0 Å². The van der Waals surface area contributed by atoms with Crippen LogP contribution < -0.4 is 19.5 Å². The number of pyridine rings is 1. The number of rotatable bonds is 7. The van der Waals surface area contributed by atoms with E-state index in [0.717, 1.165) is 41.7 Å². The average Bonchev–Trinajstić information content (AvgIpc) is 3.39. The summed E-state index contributed by atoms with van der Waals surface area (Å²) in [5.41, 5.74) is 4.20. The molecule has 6 nitrogen and oxygen atoms in total. The minimum atomic E-state index is 0.303. The molecule has 0 fully saturated rings. The van der Waals surface area contributed by atoms with Gasteiger partial charge in [-0.05, 0) is 47.5 Å². The number of nitrogens with zero attached hydrogens (tertiary/aromatic N) is 2. The monoisotopic (exact) mass is 387 g/mol. The molecule has 0 saturated heterocycles. The lowest BCUT2D eigenvalue weighted by Gasteiger charge is -2.08. The van der Waals surface area contributed by atoms with E-state index in [1.165, 1.54) is 11.1 Å². The highest BCUT2D eigenvalue weighted by Crippen LogP contribution is 2.32. The third-order valence-corrected chi connectivity index (χ3v) is 4.82. The Morgan fingerprint density at radius 2 is 1.76 bits per heavy atom. The van der Waals surface area contributed by atoms with Gasteiger partial charge in [0.05, 0.1) is 5.69 Å². The van der Waals surface area contributed by atoms with Crippen LogP contribution in [-0.2, 0) is 19.7 Å². The molecule has 2 aromatic heterocycles. The van der Waals surface area contributed by atoms with Gasteiger partial charge in [0, 0.05) is 25.5 Å². The van der Waals surface area contributed by atoms with E-state index in [2.05, 4.69) is 28.5 Å². The van der Waals surface area contributed by atoms with E-state index in [4.69, 9.17) is 14.2 Å². The summed E-state index contributed by atoms with van der Waals surface area (Å²) >= 11 is 0. The molecule has 3 heterocycles. The summed E-state index contributed by atoms with van der Waals surface area (Å²) in [6, 6.07) is 20.1. The smallest absolute Gasteiger partial charge is 0.231 e. The molecule has 29 heavy (non-hydrogen) atoms. The molecule has 0 amide bonds. The highest BCUT2D eigenvalue weighted by Gasteiger charge is 2.12. The molecule has 146 valence electrons. The summed E-state index contributed by atoms with van der Waals surface area (Å²) in [6.07, 6.45) is 3.97. The van der Waals surface area contributed by atoms with Crippen LogP contribution in [0.25, 0.3) is 5.65 Å². The van der Waals surface area contributed by atoms with Gasteiger partial charge in [-0.1, -0.05) is 24.3 Å². The molecule has 5 rings (SSSR count). The second-order valence-electron chi connectivity index (χ2n) is 6.92. The first-order valence-corrected chi connectivity index (χ1v) is 9.57. The standard InChI is InChI=1S/C23H21N3O3/c1-2-10-26-14-19(25-23(26)3-1)15-27-20-7-4-17(5-8-20)12-24-13-18-6-9-21-22(11-18)29-16-28-21/h1-11,14,24H,12-13,15-16H2. The normalized spacial score (nSPS) is 12.4. The van der Waals surface area contributed by atoms with E-state index in [9.17, 15) is 0 Å². The summed E-state index contributed by atoms with van der Waals surface area (Å²) < 4.78 is 18.6. The Bertz CT molecular complexity index is 1090. The second-order valence-corrected chi connectivity index (χ2v) is 6.92. The lowest BCUT2D eigenvalue weighted by molar-refractivity contribution is 0.174. The third kappa shape index (κ3) is 4.02. The molecule has 0 atom stereocenters. The minimum absolute atomic E-state index is 0.303. The van der Waals surface area contributed by atoms with Crippen LogP contribution in [0.5, 0.6) is 17.2 Å².